The van der Waals surface area contributed by atoms with Crippen molar-refractivity contribution in [2.75, 3.05) is 0 Å². The Morgan fingerprint density at radius 3 is 2.64 bits per heavy atom. The first-order valence-electron chi connectivity index (χ1n) is 7.01. The summed E-state index contributed by atoms with van der Waals surface area (Å²) in [5.41, 5.74) is 2.30. The van der Waals surface area contributed by atoms with Crippen LogP contribution in [0.5, 0.6) is 0 Å². The highest BCUT2D eigenvalue weighted by atomic mass is 32.2. The minimum absolute atomic E-state index is 0.244. The highest BCUT2D eigenvalue weighted by Gasteiger charge is 2.17. The van der Waals surface area contributed by atoms with E-state index in [-0.39, 0.29) is 11.8 Å². The zero-order chi connectivity index (χ0) is 16.3. The smallest absolute Gasteiger partial charge is 0.216 e. The average Bonchev–Trinajstić information content (AvgIpc) is 2.65. The second kappa shape index (κ2) is 6.58. The molecule has 0 radical (unpaired) electrons. The van der Waals surface area contributed by atoms with Gasteiger partial charge in [-0.25, -0.2) is 17.5 Å². The van der Waals surface area contributed by atoms with Crippen LogP contribution in [-0.4, -0.2) is 24.2 Å². The predicted molar refractivity (Wildman–Crippen MR) is 83.3 cm³/mol. The first kappa shape index (κ1) is 16.6. The minimum atomic E-state index is -3.53. The van der Waals surface area contributed by atoms with Crippen molar-refractivity contribution in [1.29, 1.82) is 0 Å². The molecule has 5 nitrogen and oxygen atoms in total. The largest absolute Gasteiger partial charge is 0.268 e. The summed E-state index contributed by atoms with van der Waals surface area (Å²) in [6, 6.07) is 7.23. The maximum atomic E-state index is 13.1. The molecule has 0 fully saturated rings. The molecule has 1 aromatic carbocycles. The molecule has 120 valence electrons. The topological polar surface area (TPSA) is 64.0 Å². The number of benzene rings is 1. The molecule has 1 heterocycles. The lowest BCUT2D eigenvalue weighted by Gasteiger charge is -2.15. The standard InChI is InChI=1S/C15H20FN3O2S/c1-11-7-13(3)19(17-11)9-12(2)18-22(20,21)10-14-5-4-6-15(16)8-14/h4-8,12,18H,9-10H2,1-3H3/t12-/m0/s1. The normalized spacial score (nSPS) is 13.3. The van der Waals surface area contributed by atoms with E-state index in [4.69, 9.17) is 0 Å². The minimum Gasteiger partial charge on any atom is -0.268 e. The Kier molecular flexibility index (Phi) is 4.97. The molecule has 1 aromatic heterocycles. The molecule has 2 rings (SSSR count). The van der Waals surface area contributed by atoms with E-state index >= 15 is 0 Å². The van der Waals surface area contributed by atoms with E-state index < -0.39 is 15.8 Å². The molecule has 0 spiro atoms. The highest BCUT2D eigenvalue weighted by molar-refractivity contribution is 7.88. The molecule has 1 atom stereocenters. The lowest BCUT2D eigenvalue weighted by atomic mass is 10.2. The van der Waals surface area contributed by atoms with E-state index in [1.165, 1.54) is 18.2 Å². The van der Waals surface area contributed by atoms with Crippen molar-refractivity contribution in [2.24, 2.45) is 0 Å². The first-order chi connectivity index (χ1) is 10.2. The molecular weight excluding hydrogens is 305 g/mol. The molecule has 0 bridgehead atoms. The third kappa shape index (κ3) is 4.64. The van der Waals surface area contributed by atoms with Crippen LogP contribution >= 0.6 is 0 Å². The second-order valence-corrected chi connectivity index (χ2v) is 7.27. The summed E-state index contributed by atoms with van der Waals surface area (Å²) in [6.45, 7) is 6.04. The maximum Gasteiger partial charge on any atom is 0.216 e. The van der Waals surface area contributed by atoms with Gasteiger partial charge in [0.25, 0.3) is 0 Å². The quantitative estimate of drug-likeness (QED) is 0.885. The van der Waals surface area contributed by atoms with Gasteiger partial charge in [0.1, 0.15) is 5.82 Å². The highest BCUT2D eigenvalue weighted by Crippen LogP contribution is 2.09. The van der Waals surface area contributed by atoms with Gasteiger partial charge >= 0.3 is 0 Å². The van der Waals surface area contributed by atoms with Crippen molar-refractivity contribution in [2.45, 2.75) is 39.1 Å². The van der Waals surface area contributed by atoms with E-state index in [1.807, 2.05) is 19.9 Å². The van der Waals surface area contributed by atoms with Gasteiger partial charge < -0.3 is 0 Å². The number of rotatable bonds is 6. The number of aryl methyl sites for hydroxylation is 2. The Labute approximate surface area is 130 Å². The van der Waals surface area contributed by atoms with Gasteiger partial charge in [-0.3, -0.25) is 4.68 Å². The van der Waals surface area contributed by atoms with E-state index in [0.29, 0.717) is 12.1 Å². The number of nitrogens with one attached hydrogen (secondary N) is 1. The van der Waals surface area contributed by atoms with Crippen LogP contribution in [0.25, 0.3) is 0 Å². The van der Waals surface area contributed by atoms with E-state index in [0.717, 1.165) is 11.4 Å². The fourth-order valence-corrected chi connectivity index (χ4v) is 3.74. The zero-order valence-corrected chi connectivity index (χ0v) is 13.7. The predicted octanol–water partition coefficient (Wildman–Crippen LogP) is 2.15. The molecule has 0 saturated heterocycles. The van der Waals surface area contributed by atoms with Crippen LogP contribution in [0.15, 0.2) is 30.3 Å². The van der Waals surface area contributed by atoms with Gasteiger partial charge in [-0.1, -0.05) is 12.1 Å². The summed E-state index contributed by atoms with van der Waals surface area (Å²) in [5, 5.41) is 4.31. The summed E-state index contributed by atoms with van der Waals surface area (Å²) in [4.78, 5) is 0. The van der Waals surface area contributed by atoms with Crippen LogP contribution in [0.2, 0.25) is 0 Å². The summed E-state index contributed by atoms with van der Waals surface area (Å²) < 4.78 is 41.8. The van der Waals surface area contributed by atoms with Crippen LogP contribution in [0.4, 0.5) is 4.39 Å². The zero-order valence-electron chi connectivity index (χ0n) is 12.9. The van der Waals surface area contributed by atoms with Gasteiger partial charge in [0.2, 0.25) is 10.0 Å². The lowest BCUT2D eigenvalue weighted by Crippen LogP contribution is -2.36. The molecule has 2 aromatic rings. The number of hydrogen-bond donors (Lipinski definition) is 1. The molecule has 0 aliphatic heterocycles. The molecule has 7 heteroatoms. The van der Waals surface area contributed by atoms with Crippen molar-refractivity contribution >= 4 is 10.0 Å². The summed E-state index contributed by atoms with van der Waals surface area (Å²) in [7, 11) is -3.53. The number of halogens is 1. The summed E-state index contributed by atoms with van der Waals surface area (Å²) in [6.07, 6.45) is 0. The number of hydrogen-bond acceptors (Lipinski definition) is 3. The van der Waals surface area contributed by atoms with Crippen molar-refractivity contribution in [3.63, 3.8) is 0 Å². The Hall–Kier alpha value is -1.73. The number of nitrogens with zero attached hydrogens (tertiary/aromatic N) is 2. The maximum absolute atomic E-state index is 13.1. The molecule has 22 heavy (non-hydrogen) atoms. The van der Waals surface area contributed by atoms with Crippen LogP contribution in [-0.2, 0) is 22.3 Å². The molecule has 1 N–H and O–H groups in total. The van der Waals surface area contributed by atoms with Crippen molar-refractivity contribution in [3.05, 3.63) is 53.1 Å². The van der Waals surface area contributed by atoms with Crippen molar-refractivity contribution in [1.82, 2.24) is 14.5 Å². The third-order valence-corrected chi connectivity index (χ3v) is 4.65. The first-order valence-corrected chi connectivity index (χ1v) is 8.66. The second-order valence-electron chi connectivity index (χ2n) is 5.52. The molecule has 0 saturated carbocycles. The molecular formula is C15H20FN3O2S. The third-order valence-electron chi connectivity index (χ3n) is 3.18. The summed E-state index contributed by atoms with van der Waals surface area (Å²) in [5.74, 6) is -0.685. The Bertz CT molecular complexity index is 756. The van der Waals surface area contributed by atoms with Crippen molar-refractivity contribution < 1.29 is 12.8 Å². The lowest BCUT2D eigenvalue weighted by molar-refractivity contribution is 0.485. The monoisotopic (exact) mass is 325 g/mol. The fraction of sp³-hybridized carbons (Fsp3) is 0.400. The van der Waals surface area contributed by atoms with Crippen LogP contribution in [0.3, 0.4) is 0 Å². The van der Waals surface area contributed by atoms with Gasteiger partial charge in [-0.05, 0) is 44.5 Å². The van der Waals surface area contributed by atoms with Gasteiger partial charge in [0.05, 0.1) is 18.0 Å². The van der Waals surface area contributed by atoms with Gasteiger partial charge in [-0.15, -0.1) is 0 Å². The van der Waals surface area contributed by atoms with Gasteiger partial charge in [-0.2, -0.15) is 5.10 Å². The molecule has 0 aliphatic carbocycles. The summed E-state index contributed by atoms with van der Waals surface area (Å²) >= 11 is 0. The molecule has 0 aliphatic rings. The Balaban J connectivity index is 2.00. The average molecular weight is 325 g/mol. The van der Waals surface area contributed by atoms with E-state index in [2.05, 4.69) is 9.82 Å². The number of sulfonamides is 1. The van der Waals surface area contributed by atoms with Gasteiger partial charge in [0.15, 0.2) is 0 Å². The molecule has 0 amide bonds. The SMILES string of the molecule is Cc1cc(C)n(C[C@H](C)NS(=O)(=O)Cc2cccc(F)c2)n1. The van der Waals surface area contributed by atoms with Crippen LogP contribution in [0, 0.1) is 19.7 Å². The number of aromatic nitrogens is 2. The Morgan fingerprint density at radius 2 is 2.05 bits per heavy atom. The van der Waals surface area contributed by atoms with E-state index in [9.17, 15) is 12.8 Å². The van der Waals surface area contributed by atoms with Crippen LogP contribution < -0.4 is 4.72 Å². The van der Waals surface area contributed by atoms with Crippen LogP contribution in [0.1, 0.15) is 23.9 Å². The van der Waals surface area contributed by atoms with E-state index in [1.54, 1.807) is 17.7 Å². The fourth-order valence-electron chi connectivity index (χ4n) is 2.35. The van der Waals surface area contributed by atoms with Gasteiger partial charge in [0, 0.05) is 11.7 Å². The van der Waals surface area contributed by atoms with Crippen molar-refractivity contribution in [3.8, 4) is 0 Å². The molecule has 0 unspecified atom stereocenters. The Morgan fingerprint density at radius 1 is 1.32 bits per heavy atom.